The fraction of sp³-hybridized carbons (Fsp3) is 0.966. The number of ether oxygens (including phenoxy) is 1. The van der Waals surface area contributed by atoms with Crippen LogP contribution in [0.15, 0.2) is 0 Å². The highest BCUT2D eigenvalue weighted by Crippen LogP contribution is 2.82. The van der Waals surface area contributed by atoms with Gasteiger partial charge in [-0.1, -0.05) is 34.6 Å². The van der Waals surface area contributed by atoms with Gasteiger partial charge in [0.05, 0.1) is 6.10 Å². The van der Waals surface area contributed by atoms with E-state index < -0.39 is 0 Å². The van der Waals surface area contributed by atoms with Gasteiger partial charge in [-0.25, -0.2) is 0 Å². The van der Waals surface area contributed by atoms with E-state index in [9.17, 15) is 4.79 Å². The summed E-state index contributed by atoms with van der Waals surface area (Å²) in [4.78, 5) is 11.5. The summed E-state index contributed by atoms with van der Waals surface area (Å²) in [6.45, 7) is 12.5. The first-order chi connectivity index (χ1) is 14.6. The van der Waals surface area contributed by atoms with Crippen LogP contribution in [0, 0.1) is 69.0 Å². The maximum absolute atomic E-state index is 11.5. The van der Waals surface area contributed by atoms with Crippen molar-refractivity contribution < 1.29 is 9.53 Å². The van der Waals surface area contributed by atoms with E-state index in [0.717, 1.165) is 35.5 Å². The normalized spacial score (nSPS) is 59.2. The molecule has 6 rings (SSSR count). The lowest BCUT2D eigenvalue weighted by molar-refractivity contribution is -0.161. The molecule has 31 heavy (non-hydrogen) atoms. The molecule has 12 atom stereocenters. The highest BCUT2D eigenvalue weighted by Gasteiger charge is 2.77. The monoisotopic (exact) mass is 426 g/mol. The van der Waals surface area contributed by atoms with Gasteiger partial charge in [0.25, 0.3) is 0 Å². The lowest BCUT2D eigenvalue weighted by atomic mass is 9.45. The van der Waals surface area contributed by atoms with E-state index in [0.29, 0.717) is 34.2 Å². The van der Waals surface area contributed by atoms with Gasteiger partial charge in [0.2, 0.25) is 0 Å². The van der Waals surface area contributed by atoms with Crippen molar-refractivity contribution in [2.75, 3.05) is 7.11 Å². The van der Waals surface area contributed by atoms with Gasteiger partial charge in [0.1, 0.15) is 6.29 Å². The zero-order chi connectivity index (χ0) is 22.0. The Labute approximate surface area is 190 Å². The molecule has 0 aromatic rings. The molecule has 174 valence electrons. The van der Waals surface area contributed by atoms with Crippen LogP contribution >= 0.6 is 0 Å². The van der Waals surface area contributed by atoms with Gasteiger partial charge >= 0.3 is 0 Å². The Bertz CT molecular complexity index is 773. The molecule has 2 nitrogen and oxygen atoms in total. The summed E-state index contributed by atoms with van der Waals surface area (Å²) in [6, 6.07) is 0. The molecule has 0 aromatic carbocycles. The van der Waals surface area contributed by atoms with Gasteiger partial charge in [0, 0.05) is 18.4 Å². The summed E-state index contributed by atoms with van der Waals surface area (Å²) in [5, 5.41) is 0. The van der Waals surface area contributed by atoms with Crippen molar-refractivity contribution in [3.05, 3.63) is 0 Å². The number of rotatable bonds is 5. The number of carbonyl (C=O) groups excluding carboxylic acids is 1. The molecule has 0 aromatic heterocycles. The molecule has 0 heterocycles. The Balaban J connectivity index is 1.24. The molecule has 6 fully saturated rings. The first-order valence-electron chi connectivity index (χ1n) is 13.6. The molecule has 1 spiro atoms. The number of methoxy groups -OCH3 is 1. The quantitative estimate of drug-likeness (QED) is 0.454. The molecule has 2 heteroatoms. The van der Waals surface area contributed by atoms with E-state index in [2.05, 4.69) is 34.6 Å². The topological polar surface area (TPSA) is 26.3 Å². The number of hydrogen-bond donors (Lipinski definition) is 0. The highest BCUT2D eigenvalue weighted by atomic mass is 16.5. The van der Waals surface area contributed by atoms with E-state index in [1.165, 1.54) is 64.1 Å². The van der Waals surface area contributed by atoms with Gasteiger partial charge in [-0.15, -0.1) is 0 Å². The highest BCUT2D eigenvalue weighted by molar-refractivity contribution is 5.61. The summed E-state index contributed by atoms with van der Waals surface area (Å²) >= 11 is 0. The van der Waals surface area contributed by atoms with Crippen LogP contribution in [0.2, 0.25) is 0 Å². The van der Waals surface area contributed by atoms with Crippen LogP contribution in [-0.2, 0) is 9.53 Å². The first kappa shape index (κ1) is 21.2. The lowest BCUT2D eigenvalue weighted by Crippen LogP contribution is -2.57. The summed E-state index contributed by atoms with van der Waals surface area (Å²) < 4.78 is 6.29. The van der Waals surface area contributed by atoms with E-state index in [1.807, 2.05) is 7.11 Å². The summed E-state index contributed by atoms with van der Waals surface area (Å²) in [5.41, 5.74) is 1.84. The molecule has 0 radical (unpaired) electrons. The molecular weight excluding hydrogens is 380 g/mol. The molecule has 0 saturated heterocycles. The van der Waals surface area contributed by atoms with E-state index in [4.69, 9.17) is 4.74 Å². The van der Waals surface area contributed by atoms with Crippen LogP contribution in [0.3, 0.4) is 0 Å². The van der Waals surface area contributed by atoms with Gasteiger partial charge in [-0.3, -0.25) is 0 Å². The molecule has 6 saturated carbocycles. The molecule has 6 aliphatic rings. The van der Waals surface area contributed by atoms with Crippen LogP contribution < -0.4 is 0 Å². The van der Waals surface area contributed by atoms with E-state index >= 15 is 0 Å². The van der Waals surface area contributed by atoms with Gasteiger partial charge < -0.3 is 9.53 Å². The lowest BCUT2D eigenvalue weighted by Gasteiger charge is -2.61. The van der Waals surface area contributed by atoms with Crippen LogP contribution in [0.4, 0.5) is 0 Å². The van der Waals surface area contributed by atoms with E-state index in [-0.39, 0.29) is 5.41 Å². The summed E-state index contributed by atoms with van der Waals surface area (Å²) in [5.74, 6) is 6.24. The van der Waals surface area contributed by atoms with Gasteiger partial charge in [0.15, 0.2) is 0 Å². The Morgan fingerprint density at radius 1 is 1.03 bits per heavy atom. The average Bonchev–Trinajstić information content (AvgIpc) is 3.46. The van der Waals surface area contributed by atoms with Crippen LogP contribution in [0.1, 0.15) is 92.4 Å². The zero-order valence-corrected chi connectivity index (χ0v) is 21.0. The summed E-state index contributed by atoms with van der Waals surface area (Å²) in [6.07, 6.45) is 14.6. The maximum Gasteiger partial charge on any atom is 0.123 e. The minimum Gasteiger partial charge on any atom is -0.381 e. The van der Waals surface area contributed by atoms with Crippen molar-refractivity contribution in [3.8, 4) is 0 Å². The van der Waals surface area contributed by atoms with E-state index in [1.54, 1.807) is 0 Å². The van der Waals surface area contributed by atoms with Gasteiger partial charge in [-0.05, 0) is 115 Å². The second kappa shape index (κ2) is 6.39. The minimum atomic E-state index is 0.244. The van der Waals surface area contributed by atoms with Crippen LogP contribution in [-0.4, -0.2) is 19.5 Å². The number of hydrogen-bond acceptors (Lipinski definition) is 2. The second-order valence-electron chi connectivity index (χ2n) is 14.3. The Morgan fingerprint density at radius 2 is 1.81 bits per heavy atom. The number of fused-ring (bicyclic) bond motifs is 4. The fourth-order valence-electron chi connectivity index (χ4n) is 11.6. The average molecular weight is 427 g/mol. The molecule has 0 bridgehead atoms. The predicted octanol–water partition coefficient (Wildman–Crippen LogP) is 6.77. The maximum atomic E-state index is 11.5. The van der Waals surface area contributed by atoms with Crippen molar-refractivity contribution in [2.24, 2.45) is 69.0 Å². The smallest absolute Gasteiger partial charge is 0.123 e. The molecule has 0 N–H and O–H groups in total. The van der Waals surface area contributed by atoms with Crippen LogP contribution in [0.5, 0.6) is 0 Å². The van der Waals surface area contributed by atoms with Crippen molar-refractivity contribution in [3.63, 3.8) is 0 Å². The van der Waals surface area contributed by atoms with Crippen molar-refractivity contribution >= 4 is 6.29 Å². The fourth-order valence-corrected chi connectivity index (χ4v) is 11.6. The predicted molar refractivity (Wildman–Crippen MR) is 124 cm³/mol. The Kier molecular flexibility index (Phi) is 4.37. The minimum absolute atomic E-state index is 0.244. The third-order valence-electron chi connectivity index (χ3n) is 13.5. The third kappa shape index (κ3) is 2.42. The largest absolute Gasteiger partial charge is 0.381 e. The standard InChI is InChI=1S/C29H46O2/c1-17(13-23-24(16-30)26(23,2)3)20-7-8-21-19-14-25(31-6)29-15-18(29)9-12-28(29,5)22(19)10-11-27(20,21)4/h16-25H,7-15H2,1-6H3/t17-,18-,19+,20-,21+,22+,23+,24+,25-,27-,28-,29+/m1/s1. The summed E-state index contributed by atoms with van der Waals surface area (Å²) in [7, 11) is 2.01. The van der Waals surface area contributed by atoms with Crippen molar-refractivity contribution in [2.45, 2.75) is 98.5 Å². The molecule has 6 aliphatic carbocycles. The van der Waals surface area contributed by atoms with Crippen molar-refractivity contribution in [1.29, 1.82) is 0 Å². The Morgan fingerprint density at radius 3 is 2.45 bits per heavy atom. The molecule has 0 aliphatic heterocycles. The Hall–Kier alpha value is -0.370. The molecule has 0 amide bonds. The second-order valence-corrected chi connectivity index (χ2v) is 14.3. The number of aldehydes is 1. The molecule has 0 unspecified atom stereocenters. The SMILES string of the molecule is CO[C@@H]1C[C@H]2[C@@H]3CC[C@H]([C@H](C)C[C@H]4[C@H](C=O)C4(C)C)[C@@]3(C)CC[C@@H]2[C@@]2(C)CC[C@@H]3C[C@]312. The molecular formula is C29H46O2. The van der Waals surface area contributed by atoms with Gasteiger partial charge in [-0.2, -0.15) is 0 Å². The third-order valence-corrected chi connectivity index (χ3v) is 13.5. The zero-order valence-electron chi connectivity index (χ0n) is 21.0. The van der Waals surface area contributed by atoms with Crippen molar-refractivity contribution in [1.82, 2.24) is 0 Å². The number of carbonyl (C=O) groups is 1. The van der Waals surface area contributed by atoms with Crippen LogP contribution in [0.25, 0.3) is 0 Å². The first-order valence-corrected chi connectivity index (χ1v) is 13.6.